The number of aliphatic hydroxyl groups is 2. The molecular weight excluding hydrogens is 430 g/mol. The van der Waals surface area contributed by atoms with E-state index < -0.39 is 6.10 Å². The zero-order valence-electron chi connectivity index (χ0n) is 18.5. The van der Waals surface area contributed by atoms with Crippen LogP contribution in [-0.4, -0.2) is 60.8 Å². The standard InChI is InChI=1S/C24H27NO6S/c1-14-5-6-19-18(7-14)16(11-25-19)10-22(32-13-17(27)12-26)23(28)15-8-20(29-2)24(31-4)21(9-15)30-3/h5-11,17,25-27H,12-13H2,1-4H3/b22-10+. The van der Waals surface area contributed by atoms with E-state index in [9.17, 15) is 15.0 Å². The number of aliphatic hydroxyl groups excluding tert-OH is 2. The summed E-state index contributed by atoms with van der Waals surface area (Å²) < 4.78 is 16.1. The van der Waals surface area contributed by atoms with Gasteiger partial charge in [-0.15, -0.1) is 11.8 Å². The van der Waals surface area contributed by atoms with Gasteiger partial charge in [0.15, 0.2) is 17.3 Å². The Morgan fingerprint density at radius 1 is 1.12 bits per heavy atom. The number of nitrogens with one attached hydrogen (secondary N) is 1. The minimum absolute atomic E-state index is 0.167. The molecule has 32 heavy (non-hydrogen) atoms. The summed E-state index contributed by atoms with van der Waals surface area (Å²) in [5, 5.41) is 20.0. The molecule has 1 aromatic heterocycles. The number of carbonyl (C=O) groups is 1. The van der Waals surface area contributed by atoms with Crippen LogP contribution >= 0.6 is 11.8 Å². The van der Waals surface area contributed by atoms with Crippen LogP contribution in [0.15, 0.2) is 41.4 Å². The molecule has 1 atom stereocenters. The van der Waals surface area contributed by atoms with Crippen molar-refractivity contribution in [2.45, 2.75) is 13.0 Å². The molecule has 170 valence electrons. The fourth-order valence-corrected chi connectivity index (χ4v) is 4.22. The molecule has 0 radical (unpaired) electrons. The van der Waals surface area contributed by atoms with Crippen molar-refractivity contribution < 1.29 is 29.2 Å². The minimum atomic E-state index is -0.943. The van der Waals surface area contributed by atoms with Gasteiger partial charge in [0.2, 0.25) is 5.75 Å². The first kappa shape index (κ1) is 23.7. The Morgan fingerprint density at radius 3 is 2.41 bits per heavy atom. The third-order valence-electron chi connectivity index (χ3n) is 4.95. The number of benzene rings is 2. The van der Waals surface area contributed by atoms with Crippen molar-refractivity contribution in [3.8, 4) is 17.2 Å². The maximum Gasteiger partial charge on any atom is 0.203 e. The first-order valence-electron chi connectivity index (χ1n) is 9.97. The summed E-state index contributed by atoms with van der Waals surface area (Å²) in [5.41, 5.74) is 3.27. The van der Waals surface area contributed by atoms with Crippen molar-refractivity contribution in [3.63, 3.8) is 0 Å². The number of aryl methyl sites for hydroxylation is 1. The van der Waals surface area contributed by atoms with Gasteiger partial charge in [0.25, 0.3) is 0 Å². The van der Waals surface area contributed by atoms with Crippen LogP contribution in [0.25, 0.3) is 17.0 Å². The molecule has 7 nitrogen and oxygen atoms in total. The van der Waals surface area contributed by atoms with Gasteiger partial charge in [0.1, 0.15) is 0 Å². The average molecular weight is 458 g/mol. The van der Waals surface area contributed by atoms with Crippen molar-refractivity contribution in [1.82, 2.24) is 4.98 Å². The van der Waals surface area contributed by atoms with Gasteiger partial charge in [-0.25, -0.2) is 0 Å². The second-order valence-corrected chi connectivity index (χ2v) is 8.25. The van der Waals surface area contributed by atoms with Crippen molar-refractivity contribution in [2.75, 3.05) is 33.7 Å². The second kappa shape index (κ2) is 10.6. The van der Waals surface area contributed by atoms with E-state index in [1.807, 2.05) is 31.3 Å². The highest BCUT2D eigenvalue weighted by Gasteiger charge is 2.21. The van der Waals surface area contributed by atoms with Gasteiger partial charge in [-0.05, 0) is 37.3 Å². The van der Waals surface area contributed by atoms with Gasteiger partial charge in [-0.1, -0.05) is 11.6 Å². The van der Waals surface area contributed by atoms with Crippen molar-refractivity contribution >= 4 is 34.5 Å². The Kier molecular flexibility index (Phi) is 7.84. The third kappa shape index (κ3) is 5.09. The van der Waals surface area contributed by atoms with Gasteiger partial charge < -0.3 is 29.4 Å². The maximum absolute atomic E-state index is 13.5. The van der Waals surface area contributed by atoms with Crippen LogP contribution in [0.3, 0.4) is 0 Å². The molecule has 3 aromatic rings. The van der Waals surface area contributed by atoms with Gasteiger partial charge in [-0.2, -0.15) is 0 Å². The number of methoxy groups -OCH3 is 3. The molecule has 2 aromatic carbocycles. The quantitative estimate of drug-likeness (QED) is 0.314. The number of hydrogen-bond donors (Lipinski definition) is 3. The number of rotatable bonds is 10. The van der Waals surface area contributed by atoms with E-state index in [1.54, 1.807) is 18.2 Å². The molecule has 8 heteroatoms. The smallest absolute Gasteiger partial charge is 0.203 e. The number of allylic oxidation sites excluding steroid dienone is 1. The molecule has 0 fully saturated rings. The number of carbonyl (C=O) groups excluding carboxylic acids is 1. The van der Waals surface area contributed by atoms with E-state index in [-0.39, 0.29) is 18.1 Å². The number of thioether (sulfide) groups is 1. The van der Waals surface area contributed by atoms with E-state index in [4.69, 9.17) is 14.2 Å². The van der Waals surface area contributed by atoms with Gasteiger partial charge in [0, 0.05) is 34.0 Å². The average Bonchev–Trinajstić information content (AvgIpc) is 3.21. The topological polar surface area (TPSA) is 101 Å². The predicted molar refractivity (Wildman–Crippen MR) is 127 cm³/mol. The molecule has 1 unspecified atom stereocenters. The Morgan fingerprint density at radius 2 is 1.81 bits per heavy atom. The molecule has 0 aliphatic rings. The van der Waals surface area contributed by atoms with Crippen LogP contribution in [0.2, 0.25) is 0 Å². The van der Waals surface area contributed by atoms with E-state index in [1.165, 1.54) is 33.1 Å². The fraction of sp³-hybridized carbons (Fsp3) is 0.292. The highest BCUT2D eigenvalue weighted by Crippen LogP contribution is 2.39. The lowest BCUT2D eigenvalue weighted by Crippen LogP contribution is -2.16. The molecule has 3 rings (SSSR count). The molecule has 0 aliphatic carbocycles. The van der Waals surface area contributed by atoms with Crippen LogP contribution in [0.4, 0.5) is 0 Å². The summed E-state index contributed by atoms with van der Waals surface area (Å²) in [6.45, 7) is 1.62. The third-order valence-corrected chi connectivity index (χ3v) is 6.11. The van der Waals surface area contributed by atoms with E-state index in [0.717, 1.165) is 22.0 Å². The summed E-state index contributed by atoms with van der Waals surface area (Å²) in [6, 6.07) is 9.25. The number of hydrogen-bond acceptors (Lipinski definition) is 7. The number of aromatic amines is 1. The lowest BCUT2D eigenvalue weighted by Gasteiger charge is -2.15. The maximum atomic E-state index is 13.5. The minimum Gasteiger partial charge on any atom is -0.493 e. The largest absolute Gasteiger partial charge is 0.493 e. The molecule has 0 saturated carbocycles. The number of ketones is 1. The number of H-pyrrole nitrogens is 1. The molecular formula is C24H27NO6S. The van der Waals surface area contributed by atoms with E-state index >= 15 is 0 Å². The van der Waals surface area contributed by atoms with Gasteiger partial charge in [-0.3, -0.25) is 4.79 Å². The molecule has 0 spiro atoms. The van der Waals surface area contributed by atoms with E-state index in [0.29, 0.717) is 27.7 Å². The molecule has 3 N–H and O–H groups in total. The lowest BCUT2D eigenvalue weighted by atomic mass is 10.1. The summed E-state index contributed by atoms with van der Waals surface area (Å²) in [5.74, 6) is 1.05. The normalized spacial score (nSPS) is 12.6. The fourth-order valence-electron chi connectivity index (χ4n) is 3.28. The van der Waals surface area contributed by atoms with Crippen molar-refractivity contribution in [2.24, 2.45) is 0 Å². The lowest BCUT2D eigenvalue weighted by molar-refractivity contribution is 0.104. The van der Waals surface area contributed by atoms with Crippen molar-refractivity contribution in [1.29, 1.82) is 0 Å². The Hall–Kier alpha value is -2.94. The summed E-state index contributed by atoms with van der Waals surface area (Å²) >= 11 is 1.18. The monoisotopic (exact) mass is 457 g/mol. The first-order valence-corrected chi connectivity index (χ1v) is 11.0. The Labute approximate surface area is 191 Å². The second-order valence-electron chi connectivity index (χ2n) is 7.19. The van der Waals surface area contributed by atoms with Gasteiger partial charge in [0.05, 0.1) is 38.9 Å². The molecule has 0 saturated heterocycles. The van der Waals surface area contributed by atoms with Crippen LogP contribution < -0.4 is 14.2 Å². The predicted octanol–water partition coefficient (Wildman–Crippen LogP) is 3.81. The Balaban J connectivity index is 2.08. The SMILES string of the molecule is COc1cc(C(=O)/C(=C\c2c[nH]c3ccc(C)cc23)SCC(O)CO)cc(OC)c1OC. The van der Waals surface area contributed by atoms with Crippen LogP contribution in [0.5, 0.6) is 17.2 Å². The summed E-state index contributed by atoms with van der Waals surface area (Å²) in [7, 11) is 4.48. The molecule has 0 aliphatic heterocycles. The summed E-state index contributed by atoms with van der Waals surface area (Å²) in [4.78, 5) is 17.1. The number of fused-ring (bicyclic) bond motifs is 1. The molecule has 0 amide bonds. The Bertz CT molecular complexity index is 1110. The first-order chi connectivity index (χ1) is 15.4. The highest BCUT2D eigenvalue weighted by atomic mass is 32.2. The summed E-state index contributed by atoms with van der Waals surface area (Å²) in [6.07, 6.45) is 2.69. The molecule has 0 bridgehead atoms. The van der Waals surface area contributed by atoms with Crippen LogP contribution in [0.1, 0.15) is 21.5 Å². The zero-order chi connectivity index (χ0) is 23.3. The van der Waals surface area contributed by atoms with Crippen LogP contribution in [0, 0.1) is 6.92 Å². The number of aromatic nitrogens is 1. The van der Waals surface area contributed by atoms with Gasteiger partial charge >= 0.3 is 0 Å². The number of Topliss-reactive ketones (excluding diaryl/α,β-unsaturated/α-hetero) is 1. The highest BCUT2D eigenvalue weighted by molar-refractivity contribution is 8.04. The number of ether oxygens (including phenoxy) is 3. The van der Waals surface area contributed by atoms with Crippen molar-refractivity contribution in [3.05, 3.63) is 58.1 Å². The van der Waals surface area contributed by atoms with Crippen LogP contribution in [-0.2, 0) is 0 Å². The zero-order valence-corrected chi connectivity index (χ0v) is 19.3. The molecule has 1 heterocycles. The van der Waals surface area contributed by atoms with E-state index in [2.05, 4.69) is 4.98 Å².